The van der Waals surface area contributed by atoms with Crippen LogP contribution < -0.4 is 37.6 Å². The fourth-order valence-corrected chi connectivity index (χ4v) is 0. The SMILES string of the molecule is [O]=[Mo](=[O])([O-])[O-].[O]=[Mo](=[O])([O-])[O-].[O]=[Mo](=[O])([O-])[O-].[O]=[Mo](=[O])([O-])[O-].[O]=[Mo](=[O])([O-])[O-].[V+5].[V+5]. The van der Waals surface area contributed by atoms with Gasteiger partial charge in [-0.3, -0.25) is 0 Å². The Labute approximate surface area is 189 Å². The van der Waals surface area contributed by atoms with E-state index < -0.39 is 83.7 Å². The van der Waals surface area contributed by atoms with Gasteiger partial charge in [-0.15, -0.1) is 0 Å². The van der Waals surface area contributed by atoms with E-state index in [9.17, 15) is 0 Å². The topological polar surface area (TPSA) is 401 Å². The van der Waals surface area contributed by atoms with Crippen LogP contribution in [0, 0.1) is 0 Å². The molecule has 0 aromatic heterocycles. The summed E-state index contributed by atoms with van der Waals surface area (Å²) in [4.78, 5) is 0. The minimum atomic E-state index is -6.02. The largest absolute Gasteiger partial charge is 5.00 e. The fourth-order valence-electron chi connectivity index (χ4n) is 0. The third kappa shape index (κ3) is 3970. The van der Waals surface area contributed by atoms with Crippen molar-refractivity contribution in [2.24, 2.45) is 0 Å². The van der Waals surface area contributed by atoms with E-state index in [1.54, 1.807) is 0 Å². The molecule has 0 saturated carbocycles. The van der Waals surface area contributed by atoms with Crippen LogP contribution in [0.1, 0.15) is 0 Å². The Morgan fingerprint density at radius 2 is 0.259 bits per heavy atom. The van der Waals surface area contributed by atoms with Gasteiger partial charge in [0.25, 0.3) is 0 Å². The zero-order valence-electron chi connectivity index (χ0n) is 11.1. The monoisotopic (exact) mass is 911 g/mol. The second kappa shape index (κ2) is 20.1. The van der Waals surface area contributed by atoms with Gasteiger partial charge in [0.05, 0.1) is 0 Å². The first-order valence-electron chi connectivity index (χ1n) is 3.33. The Hall–Kier alpha value is 2.21. The second-order valence-corrected chi connectivity index (χ2v) is 12.1. The van der Waals surface area contributed by atoms with Gasteiger partial charge in [0.15, 0.2) is 0 Å². The van der Waals surface area contributed by atoms with Crippen molar-refractivity contribution >= 4 is 0 Å². The second-order valence-electron chi connectivity index (χ2n) is 2.04. The summed E-state index contributed by atoms with van der Waals surface area (Å²) < 4.78 is 173. The molecule has 0 aromatic carbocycles. The summed E-state index contributed by atoms with van der Waals surface area (Å²) in [5.41, 5.74) is 0. The van der Waals surface area contributed by atoms with Gasteiger partial charge in [-0.25, -0.2) is 0 Å². The van der Waals surface area contributed by atoms with Crippen molar-refractivity contribution < 1.29 is 192 Å². The van der Waals surface area contributed by atoms with E-state index in [4.69, 9.17) is 71.6 Å². The Bertz CT molecular complexity index is 619. The van der Waals surface area contributed by atoms with Crippen LogP contribution in [-0.2, 0) is 155 Å². The van der Waals surface area contributed by atoms with Crippen molar-refractivity contribution in [2.75, 3.05) is 0 Å². The summed E-state index contributed by atoms with van der Waals surface area (Å²) in [7, 11) is 0. The van der Waals surface area contributed by atoms with Crippen LogP contribution in [0.5, 0.6) is 0 Å². The van der Waals surface area contributed by atoms with Crippen molar-refractivity contribution in [3.05, 3.63) is 0 Å². The molecule has 0 rings (SSSR count). The first-order valence-corrected chi connectivity index (χ1v) is 19.7. The summed E-state index contributed by atoms with van der Waals surface area (Å²) >= 11 is -30.1. The first-order chi connectivity index (χ1) is 10.0. The van der Waals surface area contributed by atoms with Crippen LogP contribution in [0.3, 0.4) is 0 Å². The smallest absolute Gasteiger partial charge is 5.00 e. The van der Waals surface area contributed by atoms with Gasteiger partial charge in [-0.05, 0) is 0 Å². The van der Waals surface area contributed by atoms with Gasteiger partial charge in [-0.2, -0.15) is 0 Å². The standard InChI is InChI=1S/5Mo.20O.2V/q;;;;;;;;;;;;;;;10*-1;2*+5. The van der Waals surface area contributed by atoms with E-state index >= 15 is 0 Å². The summed E-state index contributed by atoms with van der Waals surface area (Å²) in [5.74, 6) is 0. The molecule has 160 valence electrons. The molecule has 0 bridgehead atoms. The third-order valence-electron chi connectivity index (χ3n) is 0. The van der Waals surface area contributed by atoms with E-state index in [1.807, 2.05) is 0 Å². The molecule has 0 unspecified atom stereocenters. The van der Waals surface area contributed by atoms with Crippen LogP contribution in [0.25, 0.3) is 0 Å². The Balaban J connectivity index is -0.0000000364. The molecule has 0 aliphatic rings. The third-order valence-corrected chi connectivity index (χ3v) is 0. The molecule has 0 N–H and O–H groups in total. The molecule has 0 aromatic rings. The molecule has 0 aliphatic carbocycles. The van der Waals surface area contributed by atoms with E-state index in [0.29, 0.717) is 0 Å². The molecule has 20 nitrogen and oxygen atoms in total. The van der Waals surface area contributed by atoms with Gasteiger partial charge < -0.3 is 0 Å². The van der Waals surface area contributed by atoms with E-state index in [0.717, 1.165) is 0 Å². The molecule has 0 spiro atoms. The fraction of sp³-hybridized carbons (Fsp3) is 0. The van der Waals surface area contributed by atoms with Crippen LogP contribution in [0.15, 0.2) is 0 Å². The maximum Gasteiger partial charge on any atom is 5.00 e. The maximum atomic E-state index is 8.63. The van der Waals surface area contributed by atoms with Crippen molar-refractivity contribution in [2.45, 2.75) is 0 Å². The van der Waals surface area contributed by atoms with Gasteiger partial charge >= 0.3 is 192 Å². The first kappa shape index (κ1) is 47.1. The molecular formula is Mo5O20V2. The zero-order chi connectivity index (χ0) is 22.5. The minimum absolute atomic E-state index is 0. The summed E-state index contributed by atoms with van der Waals surface area (Å²) in [5, 5.41) is 0. The Morgan fingerprint density at radius 1 is 0.259 bits per heavy atom. The summed E-state index contributed by atoms with van der Waals surface area (Å²) in [6.45, 7) is 0. The number of rotatable bonds is 0. The van der Waals surface area contributed by atoms with Gasteiger partial charge in [0, 0.05) is 0 Å². The van der Waals surface area contributed by atoms with Crippen LogP contribution in [-0.4, -0.2) is 0 Å². The summed E-state index contributed by atoms with van der Waals surface area (Å²) in [6, 6.07) is 0. The number of hydrogen-bond acceptors (Lipinski definition) is 20. The molecule has 0 amide bonds. The van der Waals surface area contributed by atoms with Crippen molar-refractivity contribution in [1.82, 2.24) is 0 Å². The zero-order valence-corrected chi connectivity index (χ0v) is 23.9. The minimum Gasteiger partial charge on any atom is 5.00 e. The predicted molar refractivity (Wildman–Crippen MR) is 6.86 cm³/mol. The average Bonchev–Trinajstić information content (AvgIpc) is 1.79. The predicted octanol–water partition coefficient (Wildman–Crippen LogP) is -13.1. The van der Waals surface area contributed by atoms with Gasteiger partial charge in [0.2, 0.25) is 0 Å². The van der Waals surface area contributed by atoms with E-state index in [2.05, 4.69) is 0 Å². The molecule has 0 heterocycles. The van der Waals surface area contributed by atoms with Crippen LogP contribution >= 0.6 is 0 Å². The molecular weight excluding hydrogens is 902 g/mol. The molecule has 0 fully saturated rings. The molecule has 0 atom stereocenters. The Morgan fingerprint density at radius 3 is 0.259 bits per heavy atom. The van der Waals surface area contributed by atoms with Gasteiger partial charge in [-0.1, -0.05) is 0 Å². The van der Waals surface area contributed by atoms with Crippen LogP contribution in [0.2, 0.25) is 0 Å². The molecule has 0 saturated heterocycles. The molecule has 0 radical (unpaired) electrons. The van der Waals surface area contributed by atoms with Gasteiger partial charge in [0.1, 0.15) is 0 Å². The van der Waals surface area contributed by atoms with E-state index in [1.165, 1.54) is 0 Å². The van der Waals surface area contributed by atoms with Crippen LogP contribution in [0.4, 0.5) is 0 Å². The summed E-state index contributed by atoms with van der Waals surface area (Å²) in [6.07, 6.45) is 0. The van der Waals surface area contributed by atoms with Crippen molar-refractivity contribution in [3.63, 3.8) is 0 Å². The quantitative estimate of drug-likeness (QED) is 0.204. The average molecular weight is 902 g/mol. The maximum absolute atomic E-state index is 8.63. The van der Waals surface area contributed by atoms with Crippen molar-refractivity contribution in [3.8, 4) is 0 Å². The molecule has 27 heteroatoms. The molecule has 27 heavy (non-hydrogen) atoms. The van der Waals surface area contributed by atoms with Crippen molar-refractivity contribution in [1.29, 1.82) is 0 Å². The molecule has 0 aliphatic heterocycles. The number of hydrogen-bond donors (Lipinski definition) is 0. The van der Waals surface area contributed by atoms with E-state index in [-0.39, 0.29) is 37.1 Å². The Kier molecular flexibility index (Phi) is 35.1. The normalized spacial score (nSPS) is 10.7.